The van der Waals surface area contributed by atoms with Gasteiger partial charge in [0.15, 0.2) is 0 Å². The van der Waals surface area contributed by atoms with Crippen LogP contribution in [0.25, 0.3) is 0 Å². The van der Waals surface area contributed by atoms with E-state index in [0.717, 1.165) is 6.42 Å². The van der Waals surface area contributed by atoms with Crippen molar-refractivity contribution >= 4 is 8.60 Å². The summed E-state index contributed by atoms with van der Waals surface area (Å²) in [5, 5.41) is 0. The zero-order valence-electron chi connectivity index (χ0n) is 8.07. The minimum Gasteiger partial charge on any atom is -0.312 e. The first kappa shape index (κ1) is 12.8. The molecule has 13 heavy (non-hydrogen) atoms. The summed E-state index contributed by atoms with van der Waals surface area (Å²) < 4.78 is 15.8. The molecule has 0 aromatic carbocycles. The van der Waals surface area contributed by atoms with E-state index in [1.165, 1.54) is 0 Å². The minimum atomic E-state index is -1.22. The molecule has 0 aliphatic rings. The lowest BCUT2D eigenvalue weighted by Gasteiger charge is -2.14. The summed E-state index contributed by atoms with van der Waals surface area (Å²) in [7, 11) is -1.22. The van der Waals surface area contributed by atoms with Gasteiger partial charge in [-0.1, -0.05) is 19.1 Å². The molecule has 0 aliphatic carbocycles. The Morgan fingerprint density at radius 3 is 2.00 bits per heavy atom. The normalized spacial score (nSPS) is 10.3. The average molecular weight is 204 g/mol. The molecule has 0 radical (unpaired) electrons. The molecule has 0 spiro atoms. The Balaban J connectivity index is 3.58. The lowest BCUT2D eigenvalue weighted by atomic mass is 10.5. The Morgan fingerprint density at radius 1 is 1.08 bits per heavy atom. The van der Waals surface area contributed by atoms with Gasteiger partial charge in [0.25, 0.3) is 0 Å². The monoisotopic (exact) mass is 204 g/mol. The van der Waals surface area contributed by atoms with Gasteiger partial charge in [0, 0.05) is 0 Å². The van der Waals surface area contributed by atoms with Crippen molar-refractivity contribution in [1.29, 1.82) is 0 Å². The van der Waals surface area contributed by atoms with Crippen molar-refractivity contribution in [3.63, 3.8) is 0 Å². The van der Waals surface area contributed by atoms with E-state index in [1.54, 1.807) is 12.2 Å². The number of hydrogen-bond donors (Lipinski definition) is 0. The maximum atomic E-state index is 5.32. The fourth-order valence-electron chi connectivity index (χ4n) is 0.505. The third-order valence-electron chi connectivity index (χ3n) is 0.996. The van der Waals surface area contributed by atoms with Gasteiger partial charge in [0.2, 0.25) is 0 Å². The van der Waals surface area contributed by atoms with Crippen LogP contribution in [0.1, 0.15) is 13.3 Å². The van der Waals surface area contributed by atoms with Crippen LogP contribution < -0.4 is 0 Å². The van der Waals surface area contributed by atoms with Gasteiger partial charge in [-0.2, -0.15) is 0 Å². The molecule has 3 nitrogen and oxygen atoms in total. The highest BCUT2D eigenvalue weighted by Crippen LogP contribution is 2.39. The Hall–Kier alpha value is -0.210. The average Bonchev–Trinajstić information content (AvgIpc) is 2.17. The Bertz CT molecular complexity index is 127. The summed E-state index contributed by atoms with van der Waals surface area (Å²) in [5.41, 5.74) is 0. The number of hydrogen-bond acceptors (Lipinski definition) is 3. The van der Waals surface area contributed by atoms with Crippen molar-refractivity contribution in [2.45, 2.75) is 13.3 Å². The minimum absolute atomic E-state index is 0.451. The summed E-state index contributed by atoms with van der Waals surface area (Å²) in [6.07, 6.45) is 4.29. The molecule has 0 heterocycles. The van der Waals surface area contributed by atoms with Crippen molar-refractivity contribution < 1.29 is 13.6 Å². The molecule has 0 bridgehead atoms. The van der Waals surface area contributed by atoms with Crippen LogP contribution in [0.15, 0.2) is 25.3 Å². The van der Waals surface area contributed by atoms with E-state index in [0.29, 0.717) is 19.8 Å². The van der Waals surface area contributed by atoms with Crippen molar-refractivity contribution in [1.82, 2.24) is 0 Å². The number of rotatable bonds is 9. The molecule has 0 amide bonds. The molecular formula is C9H17O3P. The predicted octanol–water partition coefficient (Wildman–Crippen LogP) is 3.05. The molecular weight excluding hydrogens is 187 g/mol. The molecule has 4 heteroatoms. The largest absolute Gasteiger partial charge is 0.333 e. The highest BCUT2D eigenvalue weighted by Gasteiger charge is 2.09. The maximum Gasteiger partial charge on any atom is 0.333 e. The zero-order chi connectivity index (χ0) is 9.94. The lowest BCUT2D eigenvalue weighted by Crippen LogP contribution is -1.96. The lowest BCUT2D eigenvalue weighted by molar-refractivity contribution is 0.182. The molecule has 0 N–H and O–H groups in total. The summed E-state index contributed by atoms with van der Waals surface area (Å²) in [6.45, 7) is 10.7. The summed E-state index contributed by atoms with van der Waals surface area (Å²) in [4.78, 5) is 0. The molecule has 0 aliphatic heterocycles. The van der Waals surface area contributed by atoms with Crippen molar-refractivity contribution in [3.05, 3.63) is 25.3 Å². The quantitative estimate of drug-likeness (QED) is 0.426. The molecule has 0 rings (SSSR count). The highest BCUT2D eigenvalue weighted by molar-refractivity contribution is 7.41. The third-order valence-corrected chi connectivity index (χ3v) is 2.11. The van der Waals surface area contributed by atoms with Gasteiger partial charge in [-0.3, -0.25) is 0 Å². The van der Waals surface area contributed by atoms with Gasteiger partial charge in [0.05, 0.1) is 19.8 Å². The first-order valence-electron chi connectivity index (χ1n) is 4.25. The smallest absolute Gasteiger partial charge is 0.312 e. The van der Waals surface area contributed by atoms with Gasteiger partial charge in [-0.15, -0.1) is 13.2 Å². The van der Waals surface area contributed by atoms with Gasteiger partial charge in [-0.05, 0) is 6.42 Å². The molecule has 76 valence electrons. The summed E-state index contributed by atoms with van der Waals surface area (Å²) in [5.74, 6) is 0. The summed E-state index contributed by atoms with van der Waals surface area (Å²) >= 11 is 0. The molecule has 0 aromatic heterocycles. The van der Waals surface area contributed by atoms with E-state index in [4.69, 9.17) is 13.6 Å². The fourth-order valence-corrected chi connectivity index (χ4v) is 1.51. The Morgan fingerprint density at radius 2 is 1.62 bits per heavy atom. The van der Waals surface area contributed by atoms with Crippen molar-refractivity contribution in [3.8, 4) is 0 Å². The molecule has 0 atom stereocenters. The van der Waals surface area contributed by atoms with Crippen LogP contribution in [0.5, 0.6) is 0 Å². The molecule has 0 saturated carbocycles. The summed E-state index contributed by atoms with van der Waals surface area (Å²) in [6, 6.07) is 0. The maximum absolute atomic E-state index is 5.32. The fraction of sp³-hybridized carbons (Fsp3) is 0.556. The van der Waals surface area contributed by atoms with Crippen LogP contribution in [-0.2, 0) is 13.6 Å². The van der Waals surface area contributed by atoms with Gasteiger partial charge in [-0.25, -0.2) is 0 Å². The third kappa shape index (κ3) is 8.13. The van der Waals surface area contributed by atoms with E-state index in [-0.39, 0.29) is 0 Å². The van der Waals surface area contributed by atoms with Gasteiger partial charge < -0.3 is 13.6 Å². The SMILES string of the molecule is C=CCOP(OCC=C)OCCC. The van der Waals surface area contributed by atoms with Crippen LogP contribution in [0.3, 0.4) is 0 Å². The van der Waals surface area contributed by atoms with Gasteiger partial charge in [0.1, 0.15) is 0 Å². The van der Waals surface area contributed by atoms with Crippen LogP contribution in [0, 0.1) is 0 Å². The van der Waals surface area contributed by atoms with Crippen LogP contribution >= 0.6 is 8.60 Å². The van der Waals surface area contributed by atoms with E-state index in [1.807, 2.05) is 6.92 Å². The zero-order valence-corrected chi connectivity index (χ0v) is 8.96. The second-order valence-corrected chi connectivity index (χ2v) is 3.45. The van der Waals surface area contributed by atoms with Crippen LogP contribution in [0.2, 0.25) is 0 Å². The van der Waals surface area contributed by atoms with Gasteiger partial charge >= 0.3 is 8.60 Å². The van der Waals surface area contributed by atoms with Crippen LogP contribution in [0.4, 0.5) is 0 Å². The van der Waals surface area contributed by atoms with Crippen molar-refractivity contribution in [2.24, 2.45) is 0 Å². The second-order valence-electron chi connectivity index (χ2n) is 2.23. The van der Waals surface area contributed by atoms with Crippen LogP contribution in [-0.4, -0.2) is 19.8 Å². The first-order chi connectivity index (χ1) is 6.35. The van der Waals surface area contributed by atoms with E-state index < -0.39 is 8.60 Å². The Kier molecular flexibility index (Phi) is 9.72. The molecule has 0 saturated heterocycles. The molecule has 0 aromatic rings. The highest BCUT2D eigenvalue weighted by atomic mass is 31.2. The Labute approximate surface area is 81.4 Å². The van der Waals surface area contributed by atoms with E-state index >= 15 is 0 Å². The van der Waals surface area contributed by atoms with Crippen molar-refractivity contribution in [2.75, 3.05) is 19.8 Å². The second kappa shape index (κ2) is 9.87. The molecule has 0 unspecified atom stereocenters. The van der Waals surface area contributed by atoms with E-state index in [2.05, 4.69) is 13.2 Å². The van der Waals surface area contributed by atoms with E-state index in [9.17, 15) is 0 Å². The standard InChI is InChI=1S/C9H17O3P/c1-4-7-10-13(11-8-5-2)12-9-6-3/h4-5H,1-2,6-9H2,3H3. The topological polar surface area (TPSA) is 27.7 Å². The first-order valence-corrected chi connectivity index (χ1v) is 5.35. The predicted molar refractivity (Wildman–Crippen MR) is 55.5 cm³/mol. The molecule has 0 fully saturated rings.